The molecule has 1 aromatic heterocycles. The highest BCUT2D eigenvalue weighted by atomic mass is 32.2. The Balaban J connectivity index is 2.04. The second kappa shape index (κ2) is 5.25. The number of thioether (sulfide) groups is 1. The average Bonchev–Trinajstić information content (AvgIpc) is 2.73. The standard InChI is InChI=1S/C13H14F2N2S2/c14-9-1-2-10-12(11(9)15)17(13(18)16-10)7-8-3-5-19-6-4-8/h1-2,8H,3-7H2,(H,16,18). The van der Waals surface area contributed by atoms with Crippen LogP contribution < -0.4 is 0 Å². The Morgan fingerprint density at radius 1 is 1.32 bits per heavy atom. The van der Waals surface area contributed by atoms with Gasteiger partial charge in [-0.15, -0.1) is 0 Å². The summed E-state index contributed by atoms with van der Waals surface area (Å²) >= 11 is 7.18. The molecule has 1 aliphatic rings. The number of nitrogens with one attached hydrogen (secondary N) is 1. The topological polar surface area (TPSA) is 20.7 Å². The van der Waals surface area contributed by atoms with Crippen LogP contribution in [0, 0.1) is 22.3 Å². The molecule has 19 heavy (non-hydrogen) atoms. The van der Waals surface area contributed by atoms with Crippen LogP contribution in [-0.2, 0) is 6.54 Å². The molecular weight excluding hydrogens is 286 g/mol. The Kier molecular flexibility index (Phi) is 3.62. The first-order valence-electron chi connectivity index (χ1n) is 6.31. The second-order valence-corrected chi connectivity index (χ2v) is 6.47. The molecule has 1 N–H and O–H groups in total. The molecule has 1 fully saturated rings. The number of aromatic nitrogens is 2. The Bertz CT molecular complexity index is 656. The van der Waals surface area contributed by atoms with Gasteiger partial charge in [-0.05, 0) is 54.6 Å². The fourth-order valence-corrected chi connectivity index (χ4v) is 4.03. The van der Waals surface area contributed by atoms with Crippen LogP contribution in [0.2, 0.25) is 0 Å². The van der Waals surface area contributed by atoms with Gasteiger partial charge >= 0.3 is 0 Å². The molecule has 0 spiro atoms. The highest BCUT2D eigenvalue weighted by Gasteiger charge is 2.19. The molecule has 2 nitrogen and oxygen atoms in total. The normalized spacial score (nSPS) is 17.2. The minimum absolute atomic E-state index is 0.267. The molecule has 0 bridgehead atoms. The number of rotatable bonds is 2. The van der Waals surface area contributed by atoms with E-state index < -0.39 is 11.6 Å². The highest BCUT2D eigenvalue weighted by Crippen LogP contribution is 2.27. The highest BCUT2D eigenvalue weighted by molar-refractivity contribution is 7.99. The molecule has 0 aliphatic carbocycles. The number of nitrogens with zero attached hydrogens (tertiary/aromatic N) is 1. The molecule has 1 aromatic carbocycles. The summed E-state index contributed by atoms with van der Waals surface area (Å²) in [4.78, 5) is 2.95. The molecule has 0 unspecified atom stereocenters. The quantitative estimate of drug-likeness (QED) is 0.842. The summed E-state index contributed by atoms with van der Waals surface area (Å²) in [6.45, 7) is 0.666. The number of hydrogen-bond acceptors (Lipinski definition) is 2. The molecule has 1 aliphatic heterocycles. The van der Waals surface area contributed by atoms with Gasteiger partial charge in [-0.1, -0.05) is 0 Å². The van der Waals surface area contributed by atoms with Gasteiger partial charge in [0.1, 0.15) is 5.52 Å². The second-order valence-electron chi connectivity index (χ2n) is 4.85. The molecule has 0 radical (unpaired) electrons. The Labute approximate surface area is 119 Å². The van der Waals surface area contributed by atoms with E-state index in [1.54, 1.807) is 4.57 Å². The van der Waals surface area contributed by atoms with E-state index in [-0.39, 0.29) is 5.52 Å². The first-order valence-corrected chi connectivity index (χ1v) is 7.87. The maximum absolute atomic E-state index is 14.0. The summed E-state index contributed by atoms with van der Waals surface area (Å²) in [7, 11) is 0. The van der Waals surface area contributed by atoms with Crippen LogP contribution in [0.1, 0.15) is 12.8 Å². The molecule has 0 atom stereocenters. The minimum Gasteiger partial charge on any atom is -0.330 e. The van der Waals surface area contributed by atoms with Crippen LogP contribution in [0.3, 0.4) is 0 Å². The summed E-state index contributed by atoms with van der Waals surface area (Å²) in [6.07, 6.45) is 2.21. The third-order valence-corrected chi connectivity index (χ3v) is 4.98. The zero-order valence-corrected chi connectivity index (χ0v) is 11.9. The fraction of sp³-hybridized carbons (Fsp3) is 0.462. The van der Waals surface area contributed by atoms with Gasteiger partial charge in [0.2, 0.25) is 0 Å². The SMILES string of the molecule is Fc1ccc2[nH]c(=S)n(CC3CCSCC3)c2c1F. The van der Waals surface area contributed by atoms with Crippen LogP contribution in [0.15, 0.2) is 12.1 Å². The van der Waals surface area contributed by atoms with Crippen molar-refractivity contribution in [2.45, 2.75) is 19.4 Å². The van der Waals surface area contributed by atoms with Gasteiger partial charge < -0.3 is 9.55 Å². The van der Waals surface area contributed by atoms with Crippen LogP contribution in [-0.4, -0.2) is 21.1 Å². The predicted octanol–water partition coefficient (Wildman–Crippen LogP) is 4.12. The third-order valence-electron chi connectivity index (χ3n) is 3.61. The van der Waals surface area contributed by atoms with E-state index >= 15 is 0 Å². The summed E-state index contributed by atoms with van der Waals surface area (Å²) in [5.74, 6) is 1.13. The summed E-state index contributed by atoms with van der Waals surface area (Å²) in [6, 6.07) is 2.67. The number of H-pyrrole nitrogens is 1. The smallest absolute Gasteiger partial charge is 0.184 e. The summed E-state index contributed by atoms with van der Waals surface area (Å²) in [5.41, 5.74) is 0.831. The molecular formula is C13H14F2N2S2. The number of fused-ring (bicyclic) bond motifs is 1. The minimum atomic E-state index is -0.825. The van der Waals surface area contributed by atoms with Gasteiger partial charge in [-0.25, -0.2) is 8.78 Å². The van der Waals surface area contributed by atoms with E-state index in [4.69, 9.17) is 12.2 Å². The number of hydrogen-bond donors (Lipinski definition) is 1. The molecule has 3 rings (SSSR count). The van der Waals surface area contributed by atoms with Crippen molar-refractivity contribution in [3.05, 3.63) is 28.5 Å². The van der Waals surface area contributed by atoms with Crippen molar-refractivity contribution in [1.29, 1.82) is 0 Å². The van der Waals surface area contributed by atoms with Crippen LogP contribution in [0.5, 0.6) is 0 Å². The predicted molar refractivity (Wildman–Crippen MR) is 77.1 cm³/mol. The van der Waals surface area contributed by atoms with E-state index in [1.807, 2.05) is 11.8 Å². The first-order chi connectivity index (χ1) is 9.16. The monoisotopic (exact) mass is 300 g/mol. The van der Waals surface area contributed by atoms with Gasteiger partial charge in [-0.3, -0.25) is 0 Å². The van der Waals surface area contributed by atoms with Crippen molar-refractivity contribution in [1.82, 2.24) is 9.55 Å². The molecule has 6 heteroatoms. The van der Waals surface area contributed by atoms with Crippen molar-refractivity contribution in [3.8, 4) is 0 Å². The Hall–Kier alpha value is -0.880. The lowest BCUT2D eigenvalue weighted by molar-refractivity contribution is 0.416. The van der Waals surface area contributed by atoms with Crippen molar-refractivity contribution in [2.24, 2.45) is 5.92 Å². The van der Waals surface area contributed by atoms with Gasteiger partial charge in [0.15, 0.2) is 16.4 Å². The van der Waals surface area contributed by atoms with E-state index in [1.165, 1.54) is 6.07 Å². The molecule has 102 valence electrons. The molecule has 1 saturated heterocycles. The number of benzene rings is 1. The maximum Gasteiger partial charge on any atom is 0.184 e. The Morgan fingerprint density at radius 3 is 2.79 bits per heavy atom. The fourth-order valence-electron chi connectivity index (χ4n) is 2.55. The molecule has 2 heterocycles. The molecule has 0 saturated carbocycles. The lowest BCUT2D eigenvalue weighted by Gasteiger charge is -2.22. The number of halogens is 2. The average molecular weight is 300 g/mol. The first kappa shape index (κ1) is 13.1. The van der Waals surface area contributed by atoms with Gasteiger partial charge in [0.05, 0.1) is 5.52 Å². The number of imidazole rings is 1. The zero-order chi connectivity index (χ0) is 13.4. The van der Waals surface area contributed by atoms with E-state index in [2.05, 4.69) is 4.98 Å². The van der Waals surface area contributed by atoms with Crippen molar-refractivity contribution >= 4 is 35.0 Å². The molecule has 2 aromatic rings. The largest absolute Gasteiger partial charge is 0.330 e. The Morgan fingerprint density at radius 2 is 2.05 bits per heavy atom. The maximum atomic E-state index is 14.0. The van der Waals surface area contributed by atoms with Crippen LogP contribution in [0.25, 0.3) is 11.0 Å². The lowest BCUT2D eigenvalue weighted by atomic mass is 10.0. The summed E-state index contributed by atoms with van der Waals surface area (Å²) in [5, 5.41) is 0. The van der Waals surface area contributed by atoms with Gasteiger partial charge in [-0.2, -0.15) is 11.8 Å². The molecule has 0 amide bonds. The van der Waals surface area contributed by atoms with E-state index in [0.717, 1.165) is 30.4 Å². The third kappa shape index (κ3) is 2.43. The zero-order valence-electron chi connectivity index (χ0n) is 10.3. The van der Waals surface area contributed by atoms with Crippen LogP contribution >= 0.6 is 24.0 Å². The number of aromatic amines is 1. The van der Waals surface area contributed by atoms with Crippen LogP contribution in [0.4, 0.5) is 8.78 Å². The van der Waals surface area contributed by atoms with Crippen molar-refractivity contribution in [2.75, 3.05) is 11.5 Å². The van der Waals surface area contributed by atoms with Crippen molar-refractivity contribution in [3.63, 3.8) is 0 Å². The van der Waals surface area contributed by atoms with E-state index in [9.17, 15) is 8.78 Å². The van der Waals surface area contributed by atoms with E-state index in [0.29, 0.717) is 22.8 Å². The van der Waals surface area contributed by atoms with Gasteiger partial charge in [0.25, 0.3) is 0 Å². The van der Waals surface area contributed by atoms with Crippen molar-refractivity contribution < 1.29 is 8.78 Å². The lowest BCUT2D eigenvalue weighted by Crippen LogP contribution is -2.16. The summed E-state index contributed by atoms with van der Waals surface area (Å²) < 4.78 is 29.5. The van der Waals surface area contributed by atoms with Gasteiger partial charge in [0, 0.05) is 6.54 Å².